The third-order valence-corrected chi connectivity index (χ3v) is 5.52. The van der Waals surface area contributed by atoms with E-state index in [0.717, 1.165) is 17.8 Å². The fraction of sp³-hybridized carbons (Fsp3) is 0.316. The number of thioether (sulfide) groups is 1. The summed E-state index contributed by atoms with van der Waals surface area (Å²) in [7, 11) is 0. The second-order valence-corrected chi connectivity index (χ2v) is 7.66. The van der Waals surface area contributed by atoms with Crippen LogP contribution in [0, 0.1) is 0 Å². The molecule has 1 heterocycles. The number of amides is 2. The van der Waals surface area contributed by atoms with Gasteiger partial charge in [0.25, 0.3) is 0 Å². The van der Waals surface area contributed by atoms with Crippen LogP contribution in [0.3, 0.4) is 0 Å². The van der Waals surface area contributed by atoms with Crippen molar-refractivity contribution in [2.45, 2.75) is 25.6 Å². The van der Waals surface area contributed by atoms with E-state index in [1.165, 1.54) is 23.5 Å². The van der Waals surface area contributed by atoms with Gasteiger partial charge in [-0.3, -0.25) is 0 Å². The molecule has 25 heavy (non-hydrogen) atoms. The zero-order chi connectivity index (χ0) is 17.5. The number of carbonyl (C=O) groups excluding carboxylic acids is 1. The lowest BCUT2D eigenvalue weighted by Crippen LogP contribution is -2.28. The van der Waals surface area contributed by atoms with E-state index in [-0.39, 0.29) is 6.03 Å². The van der Waals surface area contributed by atoms with Gasteiger partial charge in [0.1, 0.15) is 0 Å². The Balaban J connectivity index is 1.42. The van der Waals surface area contributed by atoms with Crippen LogP contribution in [0.2, 0.25) is 5.02 Å². The maximum atomic E-state index is 12.0. The number of hydrogen-bond acceptors (Lipinski definition) is 3. The van der Waals surface area contributed by atoms with Crippen molar-refractivity contribution in [2.24, 2.45) is 0 Å². The largest absolute Gasteiger partial charge is 0.334 e. The molecule has 0 radical (unpaired) electrons. The summed E-state index contributed by atoms with van der Waals surface area (Å²) in [5, 5.41) is 9.94. The van der Waals surface area contributed by atoms with Crippen LogP contribution in [0.25, 0.3) is 0 Å². The van der Waals surface area contributed by atoms with Crippen molar-refractivity contribution in [3.05, 3.63) is 64.7 Å². The molecule has 0 saturated carbocycles. The van der Waals surface area contributed by atoms with Crippen LogP contribution in [0.4, 0.5) is 10.5 Å². The molecule has 1 aliphatic heterocycles. The minimum absolute atomic E-state index is 0.219. The zero-order valence-electron chi connectivity index (χ0n) is 13.9. The Kier molecular flexibility index (Phi) is 6.62. The number of benzene rings is 2. The molecule has 1 saturated heterocycles. The van der Waals surface area contributed by atoms with Crippen LogP contribution in [0.1, 0.15) is 17.5 Å². The minimum atomic E-state index is -0.219. The summed E-state index contributed by atoms with van der Waals surface area (Å²) >= 11 is 7.86. The predicted molar refractivity (Wildman–Crippen MR) is 106 cm³/mol. The number of halogens is 1. The van der Waals surface area contributed by atoms with Gasteiger partial charge in [0.05, 0.1) is 0 Å². The van der Waals surface area contributed by atoms with Gasteiger partial charge in [-0.05, 0) is 47.6 Å². The average molecular weight is 376 g/mol. The molecule has 4 nitrogen and oxygen atoms in total. The fourth-order valence-electron chi connectivity index (χ4n) is 2.62. The van der Waals surface area contributed by atoms with Gasteiger partial charge in [-0.25, -0.2) is 4.79 Å². The summed E-state index contributed by atoms with van der Waals surface area (Å²) in [6.45, 7) is 1.33. The maximum absolute atomic E-state index is 12.0. The number of rotatable bonds is 6. The van der Waals surface area contributed by atoms with E-state index < -0.39 is 0 Å². The van der Waals surface area contributed by atoms with Crippen LogP contribution in [-0.4, -0.2) is 23.6 Å². The van der Waals surface area contributed by atoms with E-state index in [9.17, 15) is 4.79 Å². The summed E-state index contributed by atoms with van der Waals surface area (Å²) in [4.78, 5) is 12.0. The van der Waals surface area contributed by atoms with Gasteiger partial charge in [0, 0.05) is 35.6 Å². The molecule has 6 heteroatoms. The molecule has 1 unspecified atom stereocenters. The van der Waals surface area contributed by atoms with Crippen molar-refractivity contribution in [3.63, 3.8) is 0 Å². The number of urea groups is 1. The molecule has 132 valence electrons. The van der Waals surface area contributed by atoms with Gasteiger partial charge in [-0.15, -0.1) is 0 Å². The molecule has 3 rings (SSSR count). The lowest BCUT2D eigenvalue weighted by Gasteiger charge is -2.12. The monoisotopic (exact) mass is 375 g/mol. The highest BCUT2D eigenvalue weighted by atomic mass is 35.5. The normalized spacial score (nSPS) is 16.6. The van der Waals surface area contributed by atoms with Crippen LogP contribution in [-0.2, 0) is 13.1 Å². The Morgan fingerprint density at radius 3 is 2.40 bits per heavy atom. The van der Waals surface area contributed by atoms with Crippen LogP contribution >= 0.6 is 23.4 Å². The molecule has 1 aliphatic rings. The summed E-state index contributed by atoms with van der Waals surface area (Å²) < 4.78 is 0. The maximum Gasteiger partial charge on any atom is 0.319 e. The van der Waals surface area contributed by atoms with Crippen molar-refractivity contribution in [2.75, 3.05) is 16.8 Å². The Morgan fingerprint density at radius 2 is 1.72 bits per heavy atom. The van der Waals surface area contributed by atoms with Gasteiger partial charge in [-0.2, -0.15) is 11.8 Å². The third kappa shape index (κ3) is 5.96. The second kappa shape index (κ2) is 9.13. The Hall–Kier alpha value is -1.69. The smallest absolute Gasteiger partial charge is 0.319 e. The first kappa shape index (κ1) is 18.1. The SMILES string of the molecule is O=C(NCc1ccc(Cl)cc1)Nc1ccc(CNC2CCSC2)cc1. The molecule has 2 aromatic rings. The van der Waals surface area contributed by atoms with Gasteiger partial charge in [-0.1, -0.05) is 35.9 Å². The average Bonchev–Trinajstić information content (AvgIpc) is 3.14. The molecule has 2 amide bonds. The lowest BCUT2D eigenvalue weighted by molar-refractivity contribution is 0.251. The van der Waals surface area contributed by atoms with Crippen LogP contribution < -0.4 is 16.0 Å². The van der Waals surface area contributed by atoms with E-state index in [1.807, 2.05) is 60.3 Å². The number of carbonyl (C=O) groups is 1. The summed E-state index contributed by atoms with van der Waals surface area (Å²) in [6.07, 6.45) is 1.25. The molecule has 0 bridgehead atoms. The zero-order valence-corrected chi connectivity index (χ0v) is 15.5. The predicted octanol–water partition coefficient (Wildman–Crippen LogP) is 4.26. The van der Waals surface area contributed by atoms with Crippen molar-refractivity contribution in [3.8, 4) is 0 Å². The molecule has 3 N–H and O–H groups in total. The number of nitrogens with one attached hydrogen (secondary N) is 3. The summed E-state index contributed by atoms with van der Waals surface area (Å²) in [5.41, 5.74) is 3.02. The standard InChI is InChI=1S/C19H22ClN3OS/c20-16-5-1-14(2-6-16)12-22-19(24)23-17-7-3-15(4-8-17)11-21-18-9-10-25-13-18/h1-8,18,21H,9-13H2,(H2,22,23,24). The van der Waals surface area contributed by atoms with Gasteiger partial charge < -0.3 is 16.0 Å². The van der Waals surface area contributed by atoms with E-state index in [1.54, 1.807) is 0 Å². The Labute approximate surface area is 157 Å². The second-order valence-electron chi connectivity index (χ2n) is 6.07. The van der Waals surface area contributed by atoms with E-state index in [4.69, 9.17) is 11.6 Å². The molecule has 0 spiro atoms. The molecule has 0 aromatic heterocycles. The molecule has 1 fully saturated rings. The highest BCUT2D eigenvalue weighted by Gasteiger charge is 2.14. The number of hydrogen-bond donors (Lipinski definition) is 3. The highest BCUT2D eigenvalue weighted by Crippen LogP contribution is 2.18. The highest BCUT2D eigenvalue weighted by molar-refractivity contribution is 7.99. The summed E-state index contributed by atoms with van der Waals surface area (Å²) in [6, 6.07) is 15.8. The molecule has 2 aromatic carbocycles. The van der Waals surface area contributed by atoms with E-state index in [0.29, 0.717) is 17.6 Å². The van der Waals surface area contributed by atoms with Gasteiger partial charge in [0.15, 0.2) is 0 Å². The van der Waals surface area contributed by atoms with E-state index >= 15 is 0 Å². The van der Waals surface area contributed by atoms with Crippen molar-refractivity contribution >= 4 is 35.1 Å². The topological polar surface area (TPSA) is 53.2 Å². The third-order valence-electron chi connectivity index (χ3n) is 4.10. The fourth-order valence-corrected chi connectivity index (χ4v) is 3.94. The molecular weight excluding hydrogens is 354 g/mol. The van der Waals surface area contributed by atoms with Crippen molar-refractivity contribution in [1.82, 2.24) is 10.6 Å². The van der Waals surface area contributed by atoms with Crippen molar-refractivity contribution < 1.29 is 4.79 Å². The van der Waals surface area contributed by atoms with Gasteiger partial charge >= 0.3 is 6.03 Å². The first-order chi connectivity index (χ1) is 12.2. The molecule has 0 aliphatic carbocycles. The Morgan fingerprint density at radius 1 is 1.04 bits per heavy atom. The first-order valence-electron chi connectivity index (χ1n) is 8.38. The summed E-state index contributed by atoms with van der Waals surface area (Å²) in [5.74, 6) is 2.46. The number of anilines is 1. The van der Waals surface area contributed by atoms with E-state index in [2.05, 4.69) is 16.0 Å². The van der Waals surface area contributed by atoms with Crippen molar-refractivity contribution in [1.29, 1.82) is 0 Å². The molecular formula is C19H22ClN3OS. The lowest BCUT2D eigenvalue weighted by atomic mass is 10.2. The quantitative estimate of drug-likeness (QED) is 0.707. The van der Waals surface area contributed by atoms with Gasteiger partial charge in [0.2, 0.25) is 0 Å². The first-order valence-corrected chi connectivity index (χ1v) is 9.92. The molecule has 1 atom stereocenters. The van der Waals surface area contributed by atoms with Crippen LogP contribution in [0.5, 0.6) is 0 Å². The Bertz CT molecular complexity index is 685. The minimum Gasteiger partial charge on any atom is -0.334 e. The van der Waals surface area contributed by atoms with Crippen LogP contribution in [0.15, 0.2) is 48.5 Å².